The minimum Gasteiger partial charge on any atom is -0.462 e. The van der Waals surface area contributed by atoms with Crippen LogP contribution in [0.4, 0.5) is 29.1 Å². The van der Waals surface area contributed by atoms with Gasteiger partial charge in [-0.1, -0.05) is 29.8 Å². The Morgan fingerprint density at radius 1 is 1.20 bits per heavy atom. The van der Waals surface area contributed by atoms with Crippen LogP contribution < -0.4 is 19.9 Å². The number of alkyl halides is 3. The quantitative estimate of drug-likeness (QED) is 0.382. The summed E-state index contributed by atoms with van der Waals surface area (Å²) in [5, 5.41) is 14.1. The van der Waals surface area contributed by atoms with Crippen LogP contribution in [0.1, 0.15) is 17.7 Å². The number of anilines is 2. The van der Waals surface area contributed by atoms with Gasteiger partial charge >= 0.3 is 12.2 Å². The minimum atomic E-state index is -4.30. The summed E-state index contributed by atoms with van der Waals surface area (Å²) in [5.41, 5.74) is 2.46. The number of benzene rings is 2. The molecule has 1 saturated heterocycles. The molecule has 1 N–H and O–H groups in total. The van der Waals surface area contributed by atoms with Crippen LogP contribution in [-0.4, -0.2) is 80.0 Å². The van der Waals surface area contributed by atoms with Crippen molar-refractivity contribution in [2.45, 2.75) is 31.6 Å². The van der Waals surface area contributed by atoms with E-state index in [1.807, 2.05) is 18.2 Å². The molecule has 0 spiro atoms. The standard InChI is InChI=1S/C28H30ClF4N7O/c1-38(17-28(31,32)33)13-14-41-27-36-22-16-39(23-4-2-3-18-5-6-21(30)25(29)24(18)23)11-8-20(22)26(37-27)40-12-10-35-19(15-40)7-9-34/h2-6,19,35H,7-8,10-17H2,1H3. The van der Waals surface area contributed by atoms with Crippen LogP contribution in [0.3, 0.4) is 0 Å². The molecule has 3 aromatic rings. The summed E-state index contributed by atoms with van der Waals surface area (Å²) in [6, 6.07) is 11.0. The number of nitrogens with one attached hydrogen (secondary N) is 1. The smallest absolute Gasteiger partial charge is 0.401 e. The van der Waals surface area contributed by atoms with Gasteiger partial charge in [-0.15, -0.1) is 0 Å². The van der Waals surface area contributed by atoms with Crippen molar-refractivity contribution in [2.24, 2.45) is 0 Å². The Bertz CT molecular complexity index is 1450. The van der Waals surface area contributed by atoms with Crippen molar-refractivity contribution in [1.29, 1.82) is 5.26 Å². The fraction of sp³-hybridized carbons (Fsp3) is 0.464. The van der Waals surface area contributed by atoms with E-state index in [2.05, 4.69) is 26.2 Å². The third kappa shape index (κ3) is 6.74. The van der Waals surface area contributed by atoms with Crippen LogP contribution in [-0.2, 0) is 13.0 Å². The lowest BCUT2D eigenvalue weighted by atomic mass is 10.0. The molecular formula is C28H30ClF4N7O. The highest BCUT2D eigenvalue weighted by Crippen LogP contribution is 2.38. The molecule has 2 aliphatic heterocycles. The molecule has 8 nitrogen and oxygen atoms in total. The fourth-order valence-electron chi connectivity index (χ4n) is 5.42. The van der Waals surface area contributed by atoms with Gasteiger partial charge in [-0.2, -0.15) is 28.4 Å². The molecule has 1 aromatic heterocycles. The lowest BCUT2D eigenvalue weighted by Crippen LogP contribution is -2.51. The normalized spacial score (nSPS) is 17.6. The number of nitrogens with zero attached hydrogens (tertiary/aromatic N) is 6. The number of fused-ring (bicyclic) bond motifs is 2. The average Bonchev–Trinajstić information content (AvgIpc) is 2.93. The van der Waals surface area contributed by atoms with E-state index in [4.69, 9.17) is 21.3 Å². The first-order chi connectivity index (χ1) is 19.6. The SMILES string of the molecule is CN(CCOc1nc2c(c(N3CCNC(CC#N)C3)n1)CCN(c1cccc3ccc(F)c(Cl)c13)C2)CC(F)(F)F. The summed E-state index contributed by atoms with van der Waals surface area (Å²) < 4.78 is 58.4. The molecule has 0 bridgehead atoms. The van der Waals surface area contributed by atoms with Gasteiger partial charge in [-0.05, 0) is 31.0 Å². The lowest BCUT2D eigenvalue weighted by molar-refractivity contribution is -0.143. The largest absolute Gasteiger partial charge is 0.462 e. The Morgan fingerprint density at radius 2 is 2.02 bits per heavy atom. The number of likely N-dealkylation sites (N-methyl/N-ethyl adjacent to an activating group) is 1. The van der Waals surface area contributed by atoms with Crippen molar-refractivity contribution >= 4 is 33.9 Å². The number of hydrogen-bond acceptors (Lipinski definition) is 8. The topological polar surface area (TPSA) is 80.5 Å². The van der Waals surface area contributed by atoms with Crippen LogP contribution in [0.25, 0.3) is 10.8 Å². The van der Waals surface area contributed by atoms with Gasteiger partial charge in [0, 0.05) is 55.4 Å². The molecule has 0 saturated carbocycles. The molecule has 1 atom stereocenters. The zero-order valence-electron chi connectivity index (χ0n) is 22.5. The molecule has 3 heterocycles. The summed E-state index contributed by atoms with van der Waals surface area (Å²) in [6.45, 7) is 1.89. The Kier molecular flexibility index (Phi) is 8.68. The highest BCUT2D eigenvalue weighted by molar-refractivity contribution is 6.36. The van der Waals surface area contributed by atoms with E-state index in [1.165, 1.54) is 13.1 Å². The van der Waals surface area contributed by atoms with Gasteiger partial charge in [-0.25, -0.2) is 4.39 Å². The van der Waals surface area contributed by atoms with Crippen molar-refractivity contribution in [3.63, 3.8) is 0 Å². The van der Waals surface area contributed by atoms with Crippen molar-refractivity contribution in [3.05, 3.63) is 52.4 Å². The second-order valence-electron chi connectivity index (χ2n) is 10.3. The van der Waals surface area contributed by atoms with E-state index in [1.54, 1.807) is 6.07 Å². The fourth-order valence-corrected chi connectivity index (χ4v) is 5.69. The second kappa shape index (κ2) is 12.2. The summed E-state index contributed by atoms with van der Waals surface area (Å²) in [7, 11) is 1.38. The molecule has 0 amide bonds. The maximum absolute atomic E-state index is 14.4. The highest BCUT2D eigenvalue weighted by atomic mass is 35.5. The van der Waals surface area contributed by atoms with Crippen molar-refractivity contribution in [2.75, 3.05) is 62.7 Å². The van der Waals surface area contributed by atoms with Crippen LogP contribution in [0.15, 0.2) is 30.3 Å². The number of aromatic nitrogens is 2. The van der Waals surface area contributed by atoms with E-state index in [9.17, 15) is 22.8 Å². The van der Waals surface area contributed by atoms with Gasteiger partial charge in [-0.3, -0.25) is 4.90 Å². The number of ether oxygens (including phenoxy) is 1. The molecule has 1 unspecified atom stereocenters. The van der Waals surface area contributed by atoms with E-state index in [-0.39, 0.29) is 30.2 Å². The summed E-state index contributed by atoms with van der Waals surface area (Å²) >= 11 is 6.41. The maximum atomic E-state index is 14.4. The van der Waals surface area contributed by atoms with E-state index >= 15 is 0 Å². The van der Waals surface area contributed by atoms with Crippen molar-refractivity contribution in [3.8, 4) is 12.1 Å². The number of piperazine rings is 1. The predicted octanol–water partition coefficient (Wildman–Crippen LogP) is 4.55. The zero-order chi connectivity index (χ0) is 29.1. The molecular weight excluding hydrogens is 562 g/mol. The number of hydrogen-bond donors (Lipinski definition) is 1. The van der Waals surface area contributed by atoms with E-state index in [0.717, 1.165) is 27.2 Å². The van der Waals surface area contributed by atoms with Gasteiger partial charge in [0.05, 0.1) is 36.3 Å². The van der Waals surface area contributed by atoms with Gasteiger partial charge in [0.25, 0.3) is 0 Å². The molecule has 2 aliphatic rings. The first kappa shape index (κ1) is 29.1. The van der Waals surface area contributed by atoms with Crippen molar-refractivity contribution in [1.82, 2.24) is 20.2 Å². The highest BCUT2D eigenvalue weighted by Gasteiger charge is 2.31. The number of rotatable bonds is 8. The Balaban J connectivity index is 1.45. The monoisotopic (exact) mass is 591 g/mol. The Labute approximate surface area is 240 Å². The van der Waals surface area contributed by atoms with Crippen LogP contribution in [0.5, 0.6) is 6.01 Å². The first-order valence-electron chi connectivity index (χ1n) is 13.4. The number of halogens is 5. The summed E-state index contributed by atoms with van der Waals surface area (Å²) in [4.78, 5) is 14.7. The van der Waals surface area contributed by atoms with Crippen LogP contribution in [0.2, 0.25) is 5.02 Å². The molecule has 0 aliphatic carbocycles. The first-order valence-corrected chi connectivity index (χ1v) is 13.8. The summed E-state index contributed by atoms with van der Waals surface area (Å²) in [5.74, 6) is 0.213. The molecule has 0 radical (unpaired) electrons. The van der Waals surface area contributed by atoms with Gasteiger partial charge in [0.1, 0.15) is 18.2 Å². The minimum absolute atomic E-state index is 0.0208. The third-order valence-electron chi connectivity index (χ3n) is 7.32. The summed E-state index contributed by atoms with van der Waals surface area (Å²) in [6.07, 6.45) is -3.34. The van der Waals surface area contributed by atoms with Crippen LogP contribution >= 0.6 is 11.6 Å². The van der Waals surface area contributed by atoms with E-state index in [0.29, 0.717) is 56.8 Å². The van der Waals surface area contributed by atoms with Crippen LogP contribution in [0, 0.1) is 17.1 Å². The Hall–Kier alpha value is -3.40. The number of nitriles is 1. The Morgan fingerprint density at radius 3 is 2.80 bits per heavy atom. The maximum Gasteiger partial charge on any atom is 0.401 e. The van der Waals surface area contributed by atoms with Gasteiger partial charge < -0.3 is 19.9 Å². The molecule has 2 aromatic carbocycles. The molecule has 218 valence electrons. The molecule has 5 rings (SSSR count). The van der Waals surface area contributed by atoms with E-state index < -0.39 is 18.5 Å². The zero-order valence-corrected chi connectivity index (χ0v) is 23.3. The second-order valence-corrected chi connectivity index (χ2v) is 10.7. The van der Waals surface area contributed by atoms with Crippen molar-refractivity contribution < 1.29 is 22.3 Å². The van der Waals surface area contributed by atoms with Gasteiger partial charge in [0.2, 0.25) is 0 Å². The molecule has 13 heteroatoms. The average molecular weight is 592 g/mol. The van der Waals surface area contributed by atoms with Gasteiger partial charge in [0.15, 0.2) is 0 Å². The molecule has 41 heavy (non-hydrogen) atoms. The molecule has 1 fully saturated rings. The third-order valence-corrected chi connectivity index (χ3v) is 7.69. The lowest BCUT2D eigenvalue weighted by Gasteiger charge is -2.37. The predicted molar refractivity (Wildman–Crippen MR) is 149 cm³/mol.